The Hall–Kier alpha value is -3.80. The van der Waals surface area contributed by atoms with Gasteiger partial charge in [0.05, 0.1) is 23.7 Å². The van der Waals surface area contributed by atoms with E-state index in [4.69, 9.17) is 9.47 Å². The normalized spacial score (nSPS) is 25.8. The molecule has 3 aromatic rings. The molecule has 6 rings (SSSR count). The molecule has 1 heterocycles. The number of aliphatic hydroxyl groups is 1. The van der Waals surface area contributed by atoms with Crippen molar-refractivity contribution in [3.63, 3.8) is 0 Å². The number of aliphatic carboxylic acids is 1. The number of fused-ring (bicyclic) bond motifs is 3. The molecule has 42 heavy (non-hydrogen) atoms. The molecule has 3 atom stereocenters. The number of hydrogen-bond donors (Lipinski definition) is 2. The molecule has 3 aliphatic rings. The van der Waals surface area contributed by atoms with Gasteiger partial charge in [0.15, 0.2) is 17.4 Å². The highest BCUT2D eigenvalue weighted by molar-refractivity contribution is 5.77. The number of ether oxygens (including phenoxy) is 2. The average Bonchev–Trinajstić information content (AvgIpc) is 3.47. The van der Waals surface area contributed by atoms with Crippen molar-refractivity contribution in [1.82, 2.24) is 4.98 Å². The second-order valence-corrected chi connectivity index (χ2v) is 11.6. The summed E-state index contributed by atoms with van der Waals surface area (Å²) in [5.74, 6) is -5.91. The molecular formula is C30H25F6NO5. The molecule has 2 saturated carbocycles. The number of halogens is 6. The largest absolute Gasteiger partial charge is 0.487 e. The van der Waals surface area contributed by atoms with Crippen LogP contribution in [0.5, 0.6) is 11.6 Å². The van der Waals surface area contributed by atoms with E-state index in [1.165, 1.54) is 6.20 Å². The van der Waals surface area contributed by atoms with Crippen LogP contribution in [0.3, 0.4) is 0 Å². The minimum absolute atomic E-state index is 0.0170. The molecule has 0 saturated heterocycles. The first-order valence-electron chi connectivity index (χ1n) is 13.3. The maximum Gasteiger partial charge on any atom is 0.417 e. The van der Waals surface area contributed by atoms with Gasteiger partial charge in [-0.1, -0.05) is 0 Å². The molecule has 0 radical (unpaired) electrons. The Morgan fingerprint density at radius 1 is 1.05 bits per heavy atom. The third-order valence-corrected chi connectivity index (χ3v) is 8.36. The molecule has 6 nitrogen and oxygen atoms in total. The van der Waals surface area contributed by atoms with Crippen molar-refractivity contribution in [1.29, 1.82) is 0 Å². The van der Waals surface area contributed by atoms with Crippen molar-refractivity contribution in [2.75, 3.05) is 6.61 Å². The van der Waals surface area contributed by atoms with Crippen LogP contribution in [0.1, 0.15) is 47.9 Å². The lowest BCUT2D eigenvalue weighted by molar-refractivity contribution is -0.139. The highest BCUT2D eigenvalue weighted by atomic mass is 19.4. The zero-order valence-electron chi connectivity index (χ0n) is 22.1. The second kappa shape index (κ2) is 9.89. The Labute approximate surface area is 235 Å². The number of pyridine rings is 1. The zero-order valence-corrected chi connectivity index (χ0v) is 22.1. The minimum Gasteiger partial charge on any atom is -0.487 e. The van der Waals surface area contributed by atoms with Crippen LogP contribution in [0, 0.1) is 35.2 Å². The first-order chi connectivity index (χ1) is 19.7. The zero-order chi connectivity index (χ0) is 30.1. The summed E-state index contributed by atoms with van der Waals surface area (Å²) in [5, 5.41) is 19.1. The van der Waals surface area contributed by atoms with E-state index in [9.17, 15) is 41.4 Å². The molecule has 3 aliphatic carbocycles. The van der Waals surface area contributed by atoms with Crippen molar-refractivity contribution < 1.29 is 50.8 Å². The van der Waals surface area contributed by atoms with Crippen LogP contribution in [-0.2, 0) is 24.0 Å². The van der Waals surface area contributed by atoms with Gasteiger partial charge in [-0.2, -0.15) is 13.2 Å². The molecule has 0 spiro atoms. The SMILES string of the molecule is C[C@]1(O)C[C@@H](COc2c(F)cc(-c3cc(COc4cc5c(cn4)[C@H]4[C@@H](C5)[C@@H]4C(=O)O)c(F)cc3C(F)(F)F)cc2F)C1. The van der Waals surface area contributed by atoms with Crippen LogP contribution in [0.15, 0.2) is 36.5 Å². The van der Waals surface area contributed by atoms with Crippen LogP contribution in [0.2, 0.25) is 0 Å². The molecule has 0 amide bonds. The third-order valence-electron chi connectivity index (χ3n) is 8.36. The number of carbonyl (C=O) groups is 1. The van der Waals surface area contributed by atoms with Crippen molar-refractivity contribution >= 4 is 5.97 Å². The molecule has 2 aromatic carbocycles. The van der Waals surface area contributed by atoms with Gasteiger partial charge in [-0.15, -0.1) is 0 Å². The minimum atomic E-state index is -5.03. The average molecular weight is 594 g/mol. The smallest absolute Gasteiger partial charge is 0.417 e. The summed E-state index contributed by atoms with van der Waals surface area (Å²) in [4.78, 5) is 15.4. The summed E-state index contributed by atoms with van der Waals surface area (Å²) in [6.45, 7) is 1.03. The van der Waals surface area contributed by atoms with Gasteiger partial charge in [0.25, 0.3) is 0 Å². The number of nitrogens with zero attached hydrogens (tertiary/aromatic N) is 1. The summed E-state index contributed by atoms with van der Waals surface area (Å²) in [5.41, 5.74) is -2.06. The topological polar surface area (TPSA) is 88.9 Å². The number of aromatic nitrogens is 1. The van der Waals surface area contributed by atoms with E-state index < -0.39 is 70.2 Å². The Balaban J connectivity index is 1.23. The van der Waals surface area contributed by atoms with Crippen LogP contribution >= 0.6 is 0 Å². The van der Waals surface area contributed by atoms with Crippen molar-refractivity contribution in [2.24, 2.45) is 17.8 Å². The maximum absolute atomic E-state index is 14.9. The first-order valence-corrected chi connectivity index (χ1v) is 13.3. The van der Waals surface area contributed by atoms with Gasteiger partial charge in [0.2, 0.25) is 5.88 Å². The summed E-state index contributed by atoms with van der Waals surface area (Å²) in [6.07, 6.45) is -2.24. The number of alkyl halides is 3. The van der Waals surface area contributed by atoms with Crippen LogP contribution in [0.4, 0.5) is 26.3 Å². The monoisotopic (exact) mass is 593 g/mol. The predicted molar refractivity (Wildman–Crippen MR) is 135 cm³/mol. The van der Waals surface area contributed by atoms with E-state index >= 15 is 0 Å². The Bertz CT molecular complexity index is 1560. The van der Waals surface area contributed by atoms with Gasteiger partial charge in [0.1, 0.15) is 12.4 Å². The van der Waals surface area contributed by atoms with Gasteiger partial charge in [-0.05, 0) is 84.5 Å². The fourth-order valence-corrected chi connectivity index (χ4v) is 6.39. The fourth-order valence-electron chi connectivity index (χ4n) is 6.39. The molecule has 2 N–H and O–H groups in total. The van der Waals surface area contributed by atoms with Gasteiger partial charge in [-0.3, -0.25) is 4.79 Å². The highest BCUT2D eigenvalue weighted by Gasteiger charge is 2.60. The van der Waals surface area contributed by atoms with Crippen molar-refractivity contribution in [3.05, 3.63) is 76.2 Å². The van der Waals surface area contributed by atoms with Gasteiger partial charge in [0, 0.05) is 23.7 Å². The lowest BCUT2D eigenvalue weighted by Crippen LogP contribution is -2.43. The number of rotatable bonds is 8. The summed E-state index contributed by atoms with van der Waals surface area (Å²) in [7, 11) is 0. The molecule has 1 aromatic heterocycles. The highest BCUT2D eigenvalue weighted by Crippen LogP contribution is 2.61. The van der Waals surface area contributed by atoms with Gasteiger partial charge >= 0.3 is 12.1 Å². The number of carboxylic acid groups (broad SMARTS) is 1. The quantitative estimate of drug-likeness (QED) is 0.299. The number of hydrogen-bond acceptors (Lipinski definition) is 5. The van der Waals surface area contributed by atoms with Gasteiger partial charge in [-0.25, -0.2) is 18.2 Å². The van der Waals surface area contributed by atoms with E-state index in [-0.39, 0.29) is 41.9 Å². The van der Waals surface area contributed by atoms with E-state index in [0.717, 1.165) is 17.2 Å². The second-order valence-electron chi connectivity index (χ2n) is 11.6. The maximum atomic E-state index is 14.9. The van der Waals surface area contributed by atoms with Crippen LogP contribution < -0.4 is 9.47 Å². The standard InChI is InChI=1S/C30H25F6NO5/c1-29(40)8-13(9-29)11-42-27-22(32)4-15(5-23(27)33)17-3-16(21(31)7-20(17)30(34,35)36)12-41-24-6-14-2-18-25(19(14)10-37-24)26(18)28(38)39/h3-7,10,13,18,25-26,40H,2,8-9,11-12H2,1H3,(H,38,39)/t13-,18-,25-,26+,29+/m1/s1. The fraction of sp³-hybridized carbons (Fsp3) is 0.400. The van der Waals surface area contributed by atoms with Crippen LogP contribution in [-0.4, -0.2) is 33.4 Å². The molecule has 222 valence electrons. The lowest BCUT2D eigenvalue weighted by Gasteiger charge is -2.40. The predicted octanol–water partition coefficient (Wildman–Crippen LogP) is 6.27. The molecule has 0 aliphatic heterocycles. The first kappa shape index (κ1) is 28.3. The lowest BCUT2D eigenvalue weighted by atomic mass is 9.73. The summed E-state index contributed by atoms with van der Waals surface area (Å²) >= 11 is 0. The summed E-state index contributed by atoms with van der Waals surface area (Å²) < 4.78 is 96.9. The Morgan fingerprint density at radius 2 is 1.74 bits per heavy atom. The van der Waals surface area contributed by atoms with Crippen LogP contribution in [0.25, 0.3) is 11.1 Å². The molecule has 0 unspecified atom stereocenters. The molecule has 0 bridgehead atoms. The summed E-state index contributed by atoms with van der Waals surface area (Å²) in [6, 6.07) is 4.08. The number of carboxylic acids is 1. The molecular weight excluding hydrogens is 568 g/mol. The number of benzene rings is 2. The third kappa shape index (κ3) is 5.16. The molecule has 2 fully saturated rings. The van der Waals surface area contributed by atoms with Crippen molar-refractivity contribution in [2.45, 2.75) is 50.5 Å². The Kier molecular flexibility index (Phi) is 6.67. The van der Waals surface area contributed by atoms with E-state index in [2.05, 4.69) is 4.98 Å². The van der Waals surface area contributed by atoms with E-state index in [0.29, 0.717) is 31.4 Å². The van der Waals surface area contributed by atoms with E-state index in [1.54, 1.807) is 13.0 Å². The van der Waals surface area contributed by atoms with E-state index in [1.807, 2.05) is 0 Å². The van der Waals surface area contributed by atoms with Crippen molar-refractivity contribution in [3.8, 4) is 22.8 Å². The van der Waals surface area contributed by atoms with Gasteiger partial charge < -0.3 is 19.7 Å². The Morgan fingerprint density at radius 3 is 2.36 bits per heavy atom. The molecule has 12 heteroatoms.